The number of aromatic nitrogens is 3. The Morgan fingerprint density at radius 1 is 1.33 bits per heavy atom. The highest BCUT2D eigenvalue weighted by atomic mass is 16.5. The molecule has 0 radical (unpaired) electrons. The topological polar surface area (TPSA) is 73.0 Å². The predicted molar refractivity (Wildman–Crippen MR) is 91.7 cm³/mol. The summed E-state index contributed by atoms with van der Waals surface area (Å²) in [5.41, 5.74) is 3.81. The maximum atomic E-state index is 12.2. The number of carbonyl (C=O) groups excluding carboxylic acids is 1. The molecule has 3 aromatic rings. The van der Waals surface area contributed by atoms with Crippen molar-refractivity contribution in [2.24, 2.45) is 13.0 Å². The number of benzene rings is 1. The van der Waals surface area contributed by atoms with Crippen molar-refractivity contribution in [2.75, 3.05) is 0 Å². The maximum Gasteiger partial charge on any atom is 0.290 e. The van der Waals surface area contributed by atoms with Gasteiger partial charge < -0.3 is 14.4 Å². The standard InChI is InChI=1S/C18H22N4O2/c1-11(2)7-14-9-17(24-21-14)18(23)19-10-13-5-6-16-15(8-13)20-12(3)22(16)4/h5-6,8-9,11H,7,10H2,1-4H3,(H,19,23). The van der Waals surface area contributed by atoms with Gasteiger partial charge in [0.05, 0.1) is 16.7 Å². The van der Waals surface area contributed by atoms with Crippen molar-refractivity contribution in [1.82, 2.24) is 20.0 Å². The minimum Gasteiger partial charge on any atom is -0.351 e. The van der Waals surface area contributed by atoms with Crippen molar-refractivity contribution < 1.29 is 9.32 Å². The van der Waals surface area contributed by atoms with Gasteiger partial charge >= 0.3 is 0 Å². The molecule has 1 amide bonds. The van der Waals surface area contributed by atoms with Crippen LogP contribution in [0.5, 0.6) is 0 Å². The van der Waals surface area contributed by atoms with Gasteiger partial charge in [-0.25, -0.2) is 4.98 Å². The number of rotatable bonds is 5. The number of nitrogens with one attached hydrogen (secondary N) is 1. The molecule has 0 fully saturated rings. The van der Waals surface area contributed by atoms with Crippen LogP contribution < -0.4 is 5.32 Å². The van der Waals surface area contributed by atoms with Gasteiger partial charge in [-0.1, -0.05) is 25.1 Å². The molecule has 0 spiro atoms. The molecule has 6 heteroatoms. The minimum absolute atomic E-state index is 0.250. The summed E-state index contributed by atoms with van der Waals surface area (Å²) in [6, 6.07) is 7.72. The summed E-state index contributed by atoms with van der Waals surface area (Å²) in [7, 11) is 1.99. The normalized spacial score (nSPS) is 11.4. The molecule has 0 aliphatic heterocycles. The third kappa shape index (κ3) is 3.32. The molecule has 126 valence electrons. The van der Waals surface area contributed by atoms with Crippen molar-refractivity contribution >= 4 is 16.9 Å². The molecule has 0 aliphatic rings. The predicted octanol–water partition coefficient (Wildman–Crippen LogP) is 3.00. The molecule has 1 N–H and O–H groups in total. The van der Waals surface area contributed by atoms with Crippen molar-refractivity contribution in [1.29, 1.82) is 0 Å². The third-order valence-corrected chi connectivity index (χ3v) is 4.02. The fraction of sp³-hybridized carbons (Fsp3) is 0.389. The Kier molecular flexibility index (Phi) is 4.38. The first-order chi connectivity index (χ1) is 11.4. The van der Waals surface area contributed by atoms with Crippen LogP contribution in [-0.2, 0) is 20.0 Å². The summed E-state index contributed by atoms with van der Waals surface area (Å²) in [5, 5.41) is 6.80. The first kappa shape index (κ1) is 16.2. The van der Waals surface area contributed by atoms with E-state index in [0.717, 1.165) is 34.5 Å². The van der Waals surface area contributed by atoms with E-state index < -0.39 is 0 Å². The Balaban J connectivity index is 1.66. The number of imidazole rings is 1. The largest absolute Gasteiger partial charge is 0.351 e. The second-order valence-electron chi connectivity index (χ2n) is 6.50. The number of nitrogens with zero attached hydrogens (tertiary/aromatic N) is 3. The van der Waals surface area contributed by atoms with Gasteiger partial charge in [0.2, 0.25) is 5.76 Å². The highest BCUT2D eigenvalue weighted by Crippen LogP contribution is 2.16. The van der Waals surface area contributed by atoms with E-state index in [9.17, 15) is 4.79 Å². The Morgan fingerprint density at radius 3 is 2.88 bits per heavy atom. The summed E-state index contributed by atoms with van der Waals surface area (Å²) < 4.78 is 7.17. The van der Waals surface area contributed by atoms with E-state index in [0.29, 0.717) is 12.5 Å². The van der Waals surface area contributed by atoms with Crippen molar-refractivity contribution in [2.45, 2.75) is 33.7 Å². The van der Waals surface area contributed by atoms with Crippen LogP contribution >= 0.6 is 0 Å². The molecule has 1 aromatic carbocycles. The lowest BCUT2D eigenvalue weighted by Gasteiger charge is -2.03. The van der Waals surface area contributed by atoms with Crippen molar-refractivity contribution in [3.63, 3.8) is 0 Å². The third-order valence-electron chi connectivity index (χ3n) is 4.02. The zero-order chi connectivity index (χ0) is 17.3. The average Bonchev–Trinajstić information content (AvgIpc) is 3.10. The smallest absolute Gasteiger partial charge is 0.290 e. The van der Waals surface area contributed by atoms with Gasteiger partial charge in [-0.3, -0.25) is 4.79 Å². The Bertz CT molecular complexity index is 876. The Morgan fingerprint density at radius 2 is 2.12 bits per heavy atom. The van der Waals surface area contributed by atoms with E-state index in [1.54, 1.807) is 6.07 Å². The minimum atomic E-state index is -0.255. The molecule has 0 bridgehead atoms. The zero-order valence-electron chi connectivity index (χ0n) is 14.5. The van der Waals surface area contributed by atoms with Crippen molar-refractivity contribution in [3.05, 3.63) is 47.1 Å². The average molecular weight is 326 g/mol. The SMILES string of the molecule is Cc1nc2cc(CNC(=O)c3cc(CC(C)C)no3)ccc2n1C. The highest BCUT2D eigenvalue weighted by Gasteiger charge is 2.14. The number of hydrogen-bond donors (Lipinski definition) is 1. The monoisotopic (exact) mass is 326 g/mol. The molecular formula is C18H22N4O2. The fourth-order valence-corrected chi connectivity index (χ4v) is 2.68. The fourth-order valence-electron chi connectivity index (χ4n) is 2.68. The van der Waals surface area contributed by atoms with Gasteiger partial charge in [-0.05, 0) is 37.0 Å². The summed E-state index contributed by atoms with van der Waals surface area (Å²) in [4.78, 5) is 16.7. The van der Waals surface area contributed by atoms with E-state index in [1.165, 1.54) is 0 Å². The first-order valence-corrected chi connectivity index (χ1v) is 8.10. The van der Waals surface area contributed by atoms with E-state index in [-0.39, 0.29) is 11.7 Å². The highest BCUT2D eigenvalue weighted by molar-refractivity contribution is 5.91. The van der Waals surface area contributed by atoms with Crippen molar-refractivity contribution in [3.8, 4) is 0 Å². The summed E-state index contributed by atoms with van der Waals surface area (Å²) in [6.07, 6.45) is 0.798. The summed E-state index contributed by atoms with van der Waals surface area (Å²) >= 11 is 0. The van der Waals surface area contributed by atoms with Crippen LogP contribution in [0.1, 0.15) is 41.5 Å². The number of amides is 1. The number of hydrogen-bond acceptors (Lipinski definition) is 4. The van der Waals surface area contributed by atoms with Crippen LogP contribution in [0, 0.1) is 12.8 Å². The molecule has 2 aromatic heterocycles. The van der Waals surface area contributed by atoms with Gasteiger partial charge in [0, 0.05) is 19.7 Å². The van der Waals surface area contributed by atoms with Crippen LogP contribution in [0.4, 0.5) is 0 Å². The maximum absolute atomic E-state index is 12.2. The van der Waals surface area contributed by atoms with Gasteiger partial charge in [-0.2, -0.15) is 0 Å². The molecule has 6 nitrogen and oxygen atoms in total. The molecule has 0 unspecified atom stereocenters. The molecule has 2 heterocycles. The zero-order valence-corrected chi connectivity index (χ0v) is 14.5. The second-order valence-corrected chi connectivity index (χ2v) is 6.50. The van der Waals surface area contributed by atoms with E-state index in [1.807, 2.05) is 36.7 Å². The summed E-state index contributed by atoms with van der Waals surface area (Å²) in [6.45, 7) is 6.60. The summed E-state index contributed by atoms with van der Waals surface area (Å²) in [5.74, 6) is 1.43. The lowest BCUT2D eigenvalue weighted by atomic mass is 10.1. The van der Waals surface area contributed by atoms with Gasteiger partial charge in [0.1, 0.15) is 5.82 Å². The number of fused-ring (bicyclic) bond motifs is 1. The lowest BCUT2D eigenvalue weighted by Crippen LogP contribution is -2.22. The number of aryl methyl sites for hydroxylation is 2. The van der Waals surface area contributed by atoms with Gasteiger partial charge in [0.15, 0.2) is 0 Å². The molecule has 0 aliphatic carbocycles. The van der Waals surface area contributed by atoms with Crippen LogP contribution in [0.2, 0.25) is 0 Å². The molecule has 0 saturated carbocycles. The van der Waals surface area contributed by atoms with Crippen LogP contribution in [0.15, 0.2) is 28.8 Å². The molecule has 3 rings (SSSR count). The quantitative estimate of drug-likeness (QED) is 0.782. The van der Waals surface area contributed by atoms with Crippen LogP contribution in [-0.4, -0.2) is 20.6 Å². The lowest BCUT2D eigenvalue weighted by molar-refractivity contribution is 0.0914. The van der Waals surface area contributed by atoms with Gasteiger partial charge in [-0.15, -0.1) is 0 Å². The first-order valence-electron chi connectivity index (χ1n) is 8.10. The van der Waals surface area contributed by atoms with E-state index in [4.69, 9.17) is 4.52 Å². The Labute approximate surface area is 140 Å². The molecule has 0 atom stereocenters. The molecular weight excluding hydrogens is 304 g/mol. The van der Waals surface area contributed by atoms with Crippen LogP contribution in [0.25, 0.3) is 11.0 Å². The Hall–Kier alpha value is -2.63. The van der Waals surface area contributed by atoms with E-state index >= 15 is 0 Å². The number of carbonyl (C=O) groups is 1. The molecule has 0 saturated heterocycles. The van der Waals surface area contributed by atoms with Crippen LogP contribution in [0.3, 0.4) is 0 Å². The molecule has 24 heavy (non-hydrogen) atoms. The van der Waals surface area contributed by atoms with E-state index in [2.05, 4.69) is 29.3 Å². The second kappa shape index (κ2) is 6.47. The van der Waals surface area contributed by atoms with Gasteiger partial charge in [0.25, 0.3) is 5.91 Å².